The molecule has 3 unspecified atom stereocenters. The van der Waals surface area contributed by atoms with Crippen molar-refractivity contribution in [2.75, 3.05) is 19.4 Å². The fourth-order valence-corrected chi connectivity index (χ4v) is 10.2. The van der Waals surface area contributed by atoms with Gasteiger partial charge in [-0.15, -0.1) is 0 Å². The van der Waals surface area contributed by atoms with Crippen LogP contribution in [0.3, 0.4) is 0 Å². The Morgan fingerprint density at radius 3 is 1.82 bits per heavy atom. The van der Waals surface area contributed by atoms with E-state index >= 15 is 0 Å². The normalized spacial score (nSPS) is 19.9. The largest absolute Gasteiger partial charge is 0.488 e. The number of nitrogens with one attached hydrogen (secondary N) is 1. The van der Waals surface area contributed by atoms with Gasteiger partial charge in [-0.25, -0.2) is 18.2 Å². The summed E-state index contributed by atoms with van der Waals surface area (Å²) >= 11 is 0. The molecule has 0 bridgehead atoms. The van der Waals surface area contributed by atoms with Crippen LogP contribution in [0.25, 0.3) is 0 Å². The predicted molar refractivity (Wildman–Crippen MR) is 190 cm³/mol. The molecule has 0 fully saturated rings. The summed E-state index contributed by atoms with van der Waals surface area (Å²) in [6, 6.07) is 0. The molecule has 0 spiro atoms. The quantitative estimate of drug-likeness (QED) is 0.0400. The lowest BCUT2D eigenvalue weighted by Gasteiger charge is -2.22. The third-order valence-electron chi connectivity index (χ3n) is 8.13. The number of rotatable bonds is 29. The fraction of sp³-hybridized carbons (Fsp3) is 0.812. The van der Waals surface area contributed by atoms with E-state index in [0.29, 0.717) is 12.8 Å². The highest BCUT2D eigenvalue weighted by molar-refractivity contribution is 7.68. The molecule has 1 aromatic heterocycles. The number of aryl methyl sites for hydroxylation is 1. The molecule has 284 valence electrons. The summed E-state index contributed by atoms with van der Waals surface area (Å²) in [5, 5.41) is 0. The van der Waals surface area contributed by atoms with Gasteiger partial charge in [0.05, 0.1) is 19.4 Å². The second-order valence-corrected chi connectivity index (χ2v) is 18.0. The number of H-pyrrole nitrogens is 1. The Morgan fingerprint density at radius 2 is 1.27 bits per heavy atom. The van der Waals surface area contributed by atoms with Gasteiger partial charge in [-0.2, -0.15) is 4.31 Å². The SMILES string of the molecule is CCCCCCCCCCCCCCCCCCP(=O)(OCCCC)OP(=O)(O)OP(=O)(O)OC[C@@H]1C=C[C@H](n2cc(C)c(=O)[nH]c2=O)O1. The molecule has 0 aromatic carbocycles. The topological polar surface area (TPSA) is 193 Å². The Hall–Kier alpha value is -1.17. The van der Waals surface area contributed by atoms with Crippen molar-refractivity contribution in [2.45, 2.75) is 149 Å². The molecule has 14 nitrogen and oxygen atoms in total. The van der Waals surface area contributed by atoms with E-state index in [-0.39, 0.29) is 18.3 Å². The summed E-state index contributed by atoms with van der Waals surface area (Å²) in [7, 11) is -14.7. The van der Waals surface area contributed by atoms with Gasteiger partial charge >= 0.3 is 28.9 Å². The lowest BCUT2D eigenvalue weighted by molar-refractivity contribution is -0.0104. The highest BCUT2D eigenvalue weighted by Crippen LogP contribution is 2.69. The number of hydrogen-bond acceptors (Lipinski definition) is 10. The number of ether oxygens (including phenoxy) is 1. The van der Waals surface area contributed by atoms with E-state index in [0.717, 1.165) is 36.7 Å². The standard InChI is InChI=1S/C32H59N2O12P3/c1-4-6-8-9-10-11-12-13-14-15-16-17-18-19-20-21-25-47(37,42-24-7-5-2)45-49(40,41)46-48(38,39)43-27-29-22-23-30(44-29)34-26-28(3)31(35)33-32(34)36/h22-23,26,29-30H,4-21,24-25,27H2,1-3H3,(H,38,39)(H,40,41)(H,33,35,36)/t29-,30+,47?/m0/s1. The third-order valence-corrected chi connectivity index (χ3v) is 13.5. The van der Waals surface area contributed by atoms with E-state index < -0.39 is 53.4 Å². The van der Waals surface area contributed by atoms with Crippen molar-refractivity contribution in [3.63, 3.8) is 0 Å². The lowest BCUT2D eigenvalue weighted by atomic mass is 10.0. The summed E-state index contributed by atoms with van der Waals surface area (Å²) in [5.74, 6) is 0. The molecular weight excluding hydrogens is 697 g/mol. The second-order valence-electron chi connectivity index (χ2n) is 12.6. The van der Waals surface area contributed by atoms with Crippen molar-refractivity contribution in [2.24, 2.45) is 0 Å². The molecule has 0 amide bonds. The van der Waals surface area contributed by atoms with Crippen molar-refractivity contribution >= 4 is 23.2 Å². The monoisotopic (exact) mass is 756 g/mol. The van der Waals surface area contributed by atoms with Crippen LogP contribution in [0.5, 0.6) is 0 Å². The van der Waals surface area contributed by atoms with E-state index in [4.69, 9.17) is 18.1 Å². The summed E-state index contributed by atoms with van der Waals surface area (Å²) in [6.45, 7) is 5.07. The minimum atomic E-state index is -5.38. The Kier molecular flexibility index (Phi) is 21.0. The molecule has 0 saturated heterocycles. The van der Waals surface area contributed by atoms with E-state index in [9.17, 15) is 33.1 Å². The Balaban J connectivity index is 1.72. The van der Waals surface area contributed by atoms with Crippen LogP contribution in [0.2, 0.25) is 0 Å². The number of phosphoric ester groups is 1. The predicted octanol–water partition coefficient (Wildman–Crippen LogP) is 8.82. The summed E-state index contributed by atoms with van der Waals surface area (Å²) in [5.41, 5.74) is -0.983. The van der Waals surface area contributed by atoms with E-state index in [1.165, 1.54) is 95.9 Å². The number of aromatic amines is 1. The van der Waals surface area contributed by atoms with Crippen LogP contribution >= 0.6 is 23.2 Å². The molecular formula is C32H59N2O12P3. The van der Waals surface area contributed by atoms with Crippen LogP contribution < -0.4 is 11.2 Å². The first-order valence-electron chi connectivity index (χ1n) is 17.9. The molecule has 2 heterocycles. The van der Waals surface area contributed by atoms with E-state index in [2.05, 4.69) is 16.2 Å². The van der Waals surface area contributed by atoms with Gasteiger partial charge in [-0.3, -0.25) is 23.4 Å². The average Bonchev–Trinajstić information content (AvgIpc) is 3.50. The fourth-order valence-electron chi connectivity index (χ4n) is 5.34. The molecule has 1 aliphatic heterocycles. The maximum Gasteiger partial charge on any atom is 0.488 e. The van der Waals surface area contributed by atoms with Crippen LogP contribution in [0.4, 0.5) is 0 Å². The first-order chi connectivity index (χ1) is 23.3. The number of aromatic nitrogens is 2. The van der Waals surface area contributed by atoms with Gasteiger partial charge in [0.1, 0.15) is 6.10 Å². The van der Waals surface area contributed by atoms with Crippen molar-refractivity contribution in [3.05, 3.63) is 44.8 Å². The first-order valence-corrected chi connectivity index (χ1v) is 22.6. The molecule has 5 atom stereocenters. The van der Waals surface area contributed by atoms with Crippen LogP contribution in [-0.2, 0) is 36.1 Å². The molecule has 0 aliphatic carbocycles. The molecule has 1 aliphatic rings. The third kappa shape index (κ3) is 18.8. The number of phosphoric acid groups is 2. The zero-order valence-corrected chi connectivity index (χ0v) is 32.2. The van der Waals surface area contributed by atoms with Gasteiger partial charge in [-0.1, -0.05) is 123 Å². The first kappa shape index (κ1) is 44.0. The van der Waals surface area contributed by atoms with Crippen LogP contribution in [0.15, 0.2) is 27.9 Å². The van der Waals surface area contributed by atoms with E-state index in [1.54, 1.807) is 0 Å². The minimum Gasteiger partial charge on any atom is -0.344 e. The zero-order valence-electron chi connectivity index (χ0n) is 29.5. The van der Waals surface area contributed by atoms with Crippen molar-refractivity contribution in [1.82, 2.24) is 9.55 Å². The van der Waals surface area contributed by atoms with E-state index in [1.807, 2.05) is 6.92 Å². The maximum absolute atomic E-state index is 13.4. The van der Waals surface area contributed by atoms with Crippen LogP contribution in [0.1, 0.15) is 141 Å². The molecule has 0 radical (unpaired) electrons. The summed E-state index contributed by atoms with van der Waals surface area (Å²) in [6.07, 6.45) is 22.0. The van der Waals surface area contributed by atoms with Gasteiger partial charge in [0.15, 0.2) is 6.23 Å². The highest BCUT2D eigenvalue weighted by atomic mass is 31.3. The van der Waals surface area contributed by atoms with Crippen molar-refractivity contribution < 1.29 is 45.9 Å². The number of unbranched alkanes of at least 4 members (excludes halogenated alkanes) is 16. The molecule has 49 heavy (non-hydrogen) atoms. The van der Waals surface area contributed by atoms with Crippen LogP contribution in [0, 0.1) is 6.92 Å². The molecule has 1 aromatic rings. The summed E-state index contributed by atoms with van der Waals surface area (Å²) in [4.78, 5) is 46.3. The maximum atomic E-state index is 13.4. The Morgan fingerprint density at radius 1 is 0.735 bits per heavy atom. The molecule has 3 N–H and O–H groups in total. The summed E-state index contributed by atoms with van der Waals surface area (Å²) < 4.78 is 64.9. The van der Waals surface area contributed by atoms with Crippen molar-refractivity contribution in [3.8, 4) is 0 Å². The van der Waals surface area contributed by atoms with Gasteiger partial charge in [0, 0.05) is 11.8 Å². The van der Waals surface area contributed by atoms with Gasteiger partial charge < -0.3 is 19.0 Å². The van der Waals surface area contributed by atoms with Gasteiger partial charge in [0.25, 0.3) is 5.56 Å². The molecule has 17 heteroatoms. The van der Waals surface area contributed by atoms with Crippen molar-refractivity contribution in [1.29, 1.82) is 0 Å². The Labute approximate surface area is 291 Å². The van der Waals surface area contributed by atoms with Gasteiger partial charge in [-0.05, 0) is 25.8 Å². The molecule has 0 saturated carbocycles. The minimum absolute atomic E-state index is 0.0182. The molecule has 2 rings (SSSR count). The number of hydrogen-bond donors (Lipinski definition) is 3. The highest BCUT2D eigenvalue weighted by Gasteiger charge is 2.42. The Bertz CT molecular complexity index is 1380. The van der Waals surface area contributed by atoms with Gasteiger partial charge in [0.2, 0.25) is 0 Å². The second kappa shape index (κ2) is 23.4. The number of nitrogens with zero attached hydrogens (tertiary/aromatic N) is 1. The average molecular weight is 757 g/mol. The zero-order chi connectivity index (χ0) is 36.2. The lowest BCUT2D eigenvalue weighted by Crippen LogP contribution is -2.33. The van der Waals surface area contributed by atoms with Crippen LogP contribution in [-0.4, -0.2) is 44.8 Å². The smallest absolute Gasteiger partial charge is 0.344 e.